The highest BCUT2D eigenvalue weighted by atomic mass is 19.4. The Bertz CT molecular complexity index is 1270. The third-order valence-corrected chi connectivity index (χ3v) is 6.92. The summed E-state index contributed by atoms with van der Waals surface area (Å²) in [4.78, 5) is 0. The van der Waals surface area contributed by atoms with Gasteiger partial charge in [-0.2, -0.15) is 18.3 Å². The molecule has 0 unspecified atom stereocenters. The number of alkyl halides is 3. The molecule has 0 radical (unpaired) electrons. The summed E-state index contributed by atoms with van der Waals surface area (Å²) >= 11 is 0. The number of aryl methyl sites for hydroxylation is 1. The van der Waals surface area contributed by atoms with Gasteiger partial charge in [0.15, 0.2) is 5.83 Å². The van der Waals surface area contributed by atoms with Gasteiger partial charge in [0.1, 0.15) is 11.5 Å². The Balaban J connectivity index is 1.55. The molecule has 4 rings (SSSR count). The minimum absolute atomic E-state index is 0.0489. The number of rotatable bonds is 7. The molecule has 3 nitrogen and oxygen atoms in total. The van der Waals surface area contributed by atoms with E-state index in [1.807, 2.05) is 24.3 Å². The van der Waals surface area contributed by atoms with Gasteiger partial charge in [-0.1, -0.05) is 36.4 Å². The maximum absolute atomic E-state index is 14.9. The molecule has 1 aromatic heterocycles. The Kier molecular flexibility index (Phi) is 6.38. The van der Waals surface area contributed by atoms with Crippen molar-refractivity contribution >= 4 is 11.9 Å². The molecule has 3 aromatic rings. The second-order valence-corrected chi connectivity index (χ2v) is 9.82. The highest BCUT2D eigenvalue weighted by molar-refractivity contribution is 5.75. The summed E-state index contributed by atoms with van der Waals surface area (Å²) in [5.74, 6) is -1.77. The number of aromatic nitrogens is 2. The van der Waals surface area contributed by atoms with E-state index < -0.39 is 28.8 Å². The molecule has 0 bridgehead atoms. The monoisotopic (exact) mass is 490 g/mol. The van der Waals surface area contributed by atoms with Gasteiger partial charge in [0.05, 0.1) is 18.6 Å². The summed E-state index contributed by atoms with van der Waals surface area (Å²) in [6.07, 6.45) is -1.68. The normalized spacial score (nSPS) is 16.0. The summed E-state index contributed by atoms with van der Waals surface area (Å²) in [6, 6.07) is 12.7. The summed E-state index contributed by atoms with van der Waals surface area (Å²) in [5.41, 5.74) is -0.128. The van der Waals surface area contributed by atoms with E-state index in [4.69, 9.17) is 0 Å². The lowest BCUT2D eigenvalue weighted by atomic mass is 9.83. The van der Waals surface area contributed by atoms with E-state index in [0.717, 1.165) is 56.0 Å². The second-order valence-electron chi connectivity index (χ2n) is 9.82. The molecule has 1 aliphatic rings. The van der Waals surface area contributed by atoms with Crippen molar-refractivity contribution in [1.82, 2.24) is 9.78 Å². The van der Waals surface area contributed by atoms with Crippen molar-refractivity contribution in [1.29, 1.82) is 0 Å². The van der Waals surface area contributed by atoms with Crippen LogP contribution in [0.5, 0.6) is 0 Å². The van der Waals surface area contributed by atoms with Crippen LogP contribution in [0.2, 0.25) is 0 Å². The van der Waals surface area contributed by atoms with E-state index >= 15 is 0 Å². The third-order valence-electron chi connectivity index (χ3n) is 6.92. The van der Waals surface area contributed by atoms with E-state index in [9.17, 15) is 27.1 Å². The lowest BCUT2D eigenvalue weighted by Crippen LogP contribution is -2.37. The number of nitrogens with zero attached hydrogens (tertiary/aromatic N) is 2. The predicted molar refractivity (Wildman–Crippen MR) is 125 cm³/mol. The van der Waals surface area contributed by atoms with Gasteiger partial charge >= 0.3 is 6.18 Å². The maximum Gasteiger partial charge on any atom is 0.398 e. The van der Waals surface area contributed by atoms with Gasteiger partial charge < -0.3 is 5.11 Å². The highest BCUT2D eigenvalue weighted by Crippen LogP contribution is 2.47. The van der Waals surface area contributed by atoms with Gasteiger partial charge in [-0.3, -0.25) is 4.68 Å². The molecule has 0 spiro atoms. The molecular formula is C27H27F5N2O. The zero-order valence-corrected chi connectivity index (χ0v) is 19.8. The molecule has 1 heterocycles. The maximum atomic E-state index is 14.9. The average molecular weight is 491 g/mol. The first kappa shape index (κ1) is 25.1. The number of halogens is 5. The van der Waals surface area contributed by atoms with Crippen LogP contribution >= 0.6 is 0 Å². The lowest BCUT2D eigenvalue weighted by molar-refractivity contribution is -0.180. The SMILES string of the molecule is Cc1cc(C(F)=Cc2ccc(C(C)(C)C(F)(F)F)c(F)c2)nn1Cc1cccc(C2(CO)CC2)c1. The molecule has 1 aliphatic carbocycles. The molecule has 2 aromatic carbocycles. The minimum Gasteiger partial charge on any atom is -0.395 e. The molecule has 186 valence electrons. The van der Waals surface area contributed by atoms with Crippen LogP contribution in [0.4, 0.5) is 22.0 Å². The van der Waals surface area contributed by atoms with Gasteiger partial charge in [-0.25, -0.2) is 8.78 Å². The summed E-state index contributed by atoms with van der Waals surface area (Å²) in [5, 5.41) is 14.0. The Morgan fingerprint density at radius 3 is 2.43 bits per heavy atom. The van der Waals surface area contributed by atoms with Gasteiger partial charge in [0.2, 0.25) is 0 Å². The summed E-state index contributed by atoms with van der Waals surface area (Å²) < 4.78 is 70.9. The number of benzene rings is 2. The van der Waals surface area contributed by atoms with Crippen LogP contribution in [0.3, 0.4) is 0 Å². The number of hydrogen-bond donors (Lipinski definition) is 1. The van der Waals surface area contributed by atoms with Crippen LogP contribution in [0.15, 0.2) is 48.5 Å². The summed E-state index contributed by atoms with van der Waals surface area (Å²) in [7, 11) is 0. The van der Waals surface area contributed by atoms with Crippen LogP contribution in [0, 0.1) is 12.7 Å². The molecular weight excluding hydrogens is 463 g/mol. The number of aliphatic hydroxyl groups excluding tert-OH is 1. The molecule has 0 saturated heterocycles. The zero-order valence-electron chi connectivity index (χ0n) is 19.8. The lowest BCUT2D eigenvalue weighted by Gasteiger charge is -2.28. The third kappa shape index (κ3) is 4.89. The molecule has 0 amide bonds. The minimum atomic E-state index is -4.63. The molecule has 1 fully saturated rings. The Hall–Kier alpha value is -3.00. The van der Waals surface area contributed by atoms with Crippen molar-refractivity contribution in [3.05, 3.63) is 88.0 Å². The van der Waals surface area contributed by atoms with Crippen LogP contribution in [0.25, 0.3) is 11.9 Å². The Morgan fingerprint density at radius 2 is 1.83 bits per heavy atom. The second kappa shape index (κ2) is 8.90. The van der Waals surface area contributed by atoms with E-state index in [1.165, 1.54) is 6.07 Å². The van der Waals surface area contributed by atoms with E-state index in [-0.39, 0.29) is 23.3 Å². The van der Waals surface area contributed by atoms with Crippen LogP contribution in [0.1, 0.15) is 60.3 Å². The molecule has 0 atom stereocenters. The smallest absolute Gasteiger partial charge is 0.395 e. The largest absolute Gasteiger partial charge is 0.398 e. The van der Waals surface area contributed by atoms with Gasteiger partial charge in [-0.05, 0) is 68.5 Å². The first-order valence-electron chi connectivity index (χ1n) is 11.4. The van der Waals surface area contributed by atoms with Gasteiger partial charge in [0, 0.05) is 16.7 Å². The topological polar surface area (TPSA) is 38.0 Å². The Labute approximate surface area is 200 Å². The van der Waals surface area contributed by atoms with Crippen molar-refractivity contribution in [2.75, 3.05) is 6.61 Å². The van der Waals surface area contributed by atoms with Crippen LogP contribution in [-0.2, 0) is 17.4 Å². The fourth-order valence-electron chi connectivity index (χ4n) is 4.15. The van der Waals surface area contributed by atoms with Crippen LogP contribution in [-0.4, -0.2) is 27.7 Å². The fraction of sp³-hybridized carbons (Fsp3) is 0.370. The molecule has 0 aliphatic heterocycles. The quantitative estimate of drug-likeness (QED) is 0.374. The zero-order chi connectivity index (χ0) is 25.6. The first-order valence-corrected chi connectivity index (χ1v) is 11.4. The van der Waals surface area contributed by atoms with Gasteiger partial charge in [0.25, 0.3) is 0 Å². The average Bonchev–Trinajstić information content (AvgIpc) is 3.51. The van der Waals surface area contributed by atoms with E-state index in [1.54, 1.807) is 17.7 Å². The molecule has 1 N–H and O–H groups in total. The van der Waals surface area contributed by atoms with Crippen molar-refractivity contribution in [2.45, 2.75) is 57.2 Å². The first-order chi connectivity index (χ1) is 16.4. The van der Waals surface area contributed by atoms with Crippen molar-refractivity contribution in [3.63, 3.8) is 0 Å². The fourth-order valence-corrected chi connectivity index (χ4v) is 4.15. The Morgan fingerprint density at radius 1 is 1.11 bits per heavy atom. The molecule has 1 saturated carbocycles. The van der Waals surface area contributed by atoms with Crippen molar-refractivity contribution < 1.29 is 27.1 Å². The van der Waals surface area contributed by atoms with Crippen molar-refractivity contribution in [3.8, 4) is 0 Å². The van der Waals surface area contributed by atoms with E-state index in [0.29, 0.717) is 12.2 Å². The predicted octanol–water partition coefficient (Wildman–Crippen LogP) is 6.71. The number of hydrogen-bond acceptors (Lipinski definition) is 2. The van der Waals surface area contributed by atoms with E-state index in [2.05, 4.69) is 5.10 Å². The molecule has 35 heavy (non-hydrogen) atoms. The van der Waals surface area contributed by atoms with Crippen molar-refractivity contribution in [2.24, 2.45) is 0 Å². The standard InChI is InChI=1S/C27H27F5N2O/c1-17-11-24(33-34(17)15-19-5-4-6-20(12-19)26(16-35)9-10-26)23(29)14-18-7-8-21(22(28)13-18)25(2,3)27(30,31)32/h4-8,11-14,35H,9-10,15-16H2,1-3H3. The number of aliphatic hydroxyl groups is 1. The van der Waals surface area contributed by atoms with Gasteiger partial charge in [-0.15, -0.1) is 0 Å². The highest BCUT2D eigenvalue weighted by Gasteiger charge is 2.49. The molecule has 8 heteroatoms. The summed E-state index contributed by atoms with van der Waals surface area (Å²) in [6.45, 7) is 4.11. The van der Waals surface area contributed by atoms with Crippen LogP contribution < -0.4 is 0 Å².